The highest BCUT2D eigenvalue weighted by Crippen LogP contribution is 2.24. The van der Waals surface area contributed by atoms with E-state index in [9.17, 15) is 14.7 Å². The number of rotatable bonds is 8. The van der Waals surface area contributed by atoms with Crippen molar-refractivity contribution in [3.63, 3.8) is 0 Å². The van der Waals surface area contributed by atoms with Crippen LogP contribution in [0.25, 0.3) is 0 Å². The second-order valence-corrected chi connectivity index (χ2v) is 5.12. The maximum Gasteiger partial charge on any atom is 0.250 e. The predicted octanol–water partition coefficient (Wildman–Crippen LogP) is 1.15. The zero-order valence-corrected chi connectivity index (χ0v) is 12.3. The van der Waals surface area contributed by atoms with Crippen molar-refractivity contribution in [2.75, 3.05) is 13.2 Å². The van der Waals surface area contributed by atoms with E-state index in [1.807, 2.05) is 13.8 Å². The largest absolute Gasteiger partial charge is 0.396 e. The van der Waals surface area contributed by atoms with Gasteiger partial charge in [-0.2, -0.15) is 0 Å². The Labute approximate surface area is 119 Å². The zero-order chi connectivity index (χ0) is 15.0. The minimum Gasteiger partial charge on any atom is -0.396 e. The predicted molar refractivity (Wildman–Crippen MR) is 78.4 cm³/mol. The highest BCUT2D eigenvalue weighted by atomic mass is 16.3. The van der Waals surface area contributed by atoms with Gasteiger partial charge in [0.15, 0.2) is 0 Å². The summed E-state index contributed by atoms with van der Waals surface area (Å²) in [7, 11) is 0. The van der Waals surface area contributed by atoms with Crippen LogP contribution in [0, 0.1) is 5.41 Å². The van der Waals surface area contributed by atoms with Gasteiger partial charge in [-0.25, -0.2) is 0 Å². The molecular formula is C15H24N2O3. The van der Waals surface area contributed by atoms with E-state index in [2.05, 4.69) is 5.32 Å². The van der Waals surface area contributed by atoms with Crippen LogP contribution in [-0.4, -0.2) is 28.7 Å². The molecule has 0 aliphatic carbocycles. The standard InChI is InChI=1S/C15H24N2O3/c1-3-15(4-2,12-18)11-16-13(19)8-10-17-9-6-5-7-14(17)20/h5-7,9,18H,3-4,8,10-12H2,1-2H3,(H,16,19). The average molecular weight is 280 g/mol. The van der Waals surface area contributed by atoms with Gasteiger partial charge in [0.1, 0.15) is 0 Å². The number of hydrogen-bond donors (Lipinski definition) is 2. The Hall–Kier alpha value is -1.62. The number of nitrogens with one attached hydrogen (secondary N) is 1. The zero-order valence-electron chi connectivity index (χ0n) is 12.3. The Balaban J connectivity index is 2.45. The molecule has 0 saturated heterocycles. The van der Waals surface area contributed by atoms with Crippen LogP contribution in [0.1, 0.15) is 33.1 Å². The molecule has 0 spiro atoms. The summed E-state index contributed by atoms with van der Waals surface area (Å²) in [5.74, 6) is -0.0968. The third-order valence-electron chi connectivity index (χ3n) is 3.97. The highest BCUT2D eigenvalue weighted by molar-refractivity contribution is 5.75. The summed E-state index contributed by atoms with van der Waals surface area (Å²) in [5, 5.41) is 12.3. The van der Waals surface area contributed by atoms with Crippen molar-refractivity contribution < 1.29 is 9.90 Å². The van der Waals surface area contributed by atoms with E-state index in [1.54, 1.807) is 18.3 Å². The fourth-order valence-electron chi connectivity index (χ4n) is 2.02. The molecule has 0 bridgehead atoms. The lowest BCUT2D eigenvalue weighted by molar-refractivity contribution is -0.122. The van der Waals surface area contributed by atoms with Crippen LogP contribution in [0.15, 0.2) is 29.2 Å². The molecule has 1 rings (SSSR count). The number of carbonyl (C=O) groups is 1. The number of aliphatic hydroxyl groups excluding tert-OH is 1. The fourth-order valence-corrected chi connectivity index (χ4v) is 2.02. The lowest BCUT2D eigenvalue weighted by Crippen LogP contribution is -2.39. The topological polar surface area (TPSA) is 71.3 Å². The minimum atomic E-state index is -0.237. The molecule has 0 fully saturated rings. The number of aromatic nitrogens is 1. The Morgan fingerprint density at radius 3 is 2.60 bits per heavy atom. The van der Waals surface area contributed by atoms with Gasteiger partial charge in [0.05, 0.1) is 6.61 Å². The molecule has 1 heterocycles. The summed E-state index contributed by atoms with van der Waals surface area (Å²) in [6.07, 6.45) is 3.57. The second-order valence-electron chi connectivity index (χ2n) is 5.12. The van der Waals surface area contributed by atoms with E-state index >= 15 is 0 Å². The van der Waals surface area contributed by atoms with Gasteiger partial charge >= 0.3 is 0 Å². The number of pyridine rings is 1. The van der Waals surface area contributed by atoms with Gasteiger partial charge in [-0.05, 0) is 18.9 Å². The van der Waals surface area contributed by atoms with Gasteiger partial charge < -0.3 is 15.0 Å². The first-order chi connectivity index (χ1) is 9.56. The Bertz CT molecular complexity index is 470. The molecule has 1 amide bonds. The van der Waals surface area contributed by atoms with Crippen molar-refractivity contribution >= 4 is 5.91 Å². The molecule has 5 heteroatoms. The van der Waals surface area contributed by atoms with E-state index in [0.717, 1.165) is 12.8 Å². The molecule has 0 aliphatic rings. The SMILES string of the molecule is CCC(CC)(CO)CNC(=O)CCn1ccccc1=O. The quantitative estimate of drug-likeness (QED) is 0.750. The smallest absolute Gasteiger partial charge is 0.250 e. The van der Waals surface area contributed by atoms with Crippen LogP contribution < -0.4 is 10.9 Å². The van der Waals surface area contributed by atoms with Crippen LogP contribution in [0.3, 0.4) is 0 Å². The van der Waals surface area contributed by atoms with E-state index < -0.39 is 0 Å². The van der Waals surface area contributed by atoms with Gasteiger partial charge in [-0.15, -0.1) is 0 Å². The Morgan fingerprint density at radius 1 is 1.35 bits per heavy atom. The molecule has 20 heavy (non-hydrogen) atoms. The summed E-state index contributed by atoms with van der Waals surface area (Å²) in [4.78, 5) is 23.3. The number of aliphatic hydroxyl groups is 1. The molecule has 1 aromatic heterocycles. The normalized spacial score (nSPS) is 11.3. The molecule has 1 aromatic rings. The molecule has 0 radical (unpaired) electrons. The number of carbonyl (C=O) groups excluding carboxylic acids is 1. The average Bonchev–Trinajstić information content (AvgIpc) is 2.48. The third-order valence-corrected chi connectivity index (χ3v) is 3.97. The molecule has 0 atom stereocenters. The van der Waals surface area contributed by atoms with E-state index in [0.29, 0.717) is 13.1 Å². The maximum absolute atomic E-state index is 11.8. The summed E-state index contributed by atoms with van der Waals surface area (Å²) in [6.45, 7) is 4.93. The lowest BCUT2D eigenvalue weighted by Gasteiger charge is -2.29. The molecule has 0 aliphatic heterocycles. The molecule has 0 saturated carbocycles. The molecule has 5 nitrogen and oxygen atoms in total. The van der Waals surface area contributed by atoms with Crippen molar-refractivity contribution in [1.82, 2.24) is 9.88 Å². The van der Waals surface area contributed by atoms with Crippen LogP contribution in [0.4, 0.5) is 0 Å². The monoisotopic (exact) mass is 280 g/mol. The first kappa shape index (κ1) is 16.4. The van der Waals surface area contributed by atoms with Crippen molar-refractivity contribution in [3.05, 3.63) is 34.7 Å². The summed E-state index contributed by atoms with van der Waals surface area (Å²) in [5.41, 5.74) is -0.341. The highest BCUT2D eigenvalue weighted by Gasteiger charge is 2.25. The summed E-state index contributed by atoms with van der Waals surface area (Å²) >= 11 is 0. The van der Waals surface area contributed by atoms with Gasteiger partial charge in [-0.3, -0.25) is 9.59 Å². The number of amides is 1. The number of hydrogen-bond acceptors (Lipinski definition) is 3. The summed E-state index contributed by atoms with van der Waals surface area (Å²) in [6, 6.07) is 4.92. The van der Waals surface area contributed by atoms with Crippen molar-refractivity contribution in [2.45, 2.75) is 39.7 Å². The first-order valence-electron chi connectivity index (χ1n) is 7.10. The van der Waals surface area contributed by atoms with E-state index in [1.165, 1.54) is 10.6 Å². The second kappa shape index (κ2) is 7.85. The first-order valence-corrected chi connectivity index (χ1v) is 7.10. The third kappa shape index (κ3) is 4.49. The summed E-state index contributed by atoms with van der Waals surface area (Å²) < 4.78 is 1.51. The van der Waals surface area contributed by atoms with Gasteiger partial charge in [-0.1, -0.05) is 19.9 Å². The van der Waals surface area contributed by atoms with Crippen LogP contribution in [0.2, 0.25) is 0 Å². The van der Waals surface area contributed by atoms with Gasteiger partial charge in [0.2, 0.25) is 5.91 Å². The lowest BCUT2D eigenvalue weighted by atomic mass is 9.83. The number of nitrogens with zero attached hydrogens (tertiary/aromatic N) is 1. The van der Waals surface area contributed by atoms with Crippen LogP contribution in [0.5, 0.6) is 0 Å². The molecule has 0 unspecified atom stereocenters. The molecule has 2 N–H and O–H groups in total. The van der Waals surface area contributed by atoms with Crippen molar-refractivity contribution in [2.24, 2.45) is 5.41 Å². The van der Waals surface area contributed by atoms with Gasteiger partial charge in [0, 0.05) is 37.2 Å². The molecular weight excluding hydrogens is 256 g/mol. The maximum atomic E-state index is 11.8. The fraction of sp³-hybridized carbons (Fsp3) is 0.600. The van der Waals surface area contributed by atoms with Gasteiger partial charge in [0.25, 0.3) is 5.56 Å². The van der Waals surface area contributed by atoms with E-state index in [4.69, 9.17) is 0 Å². The molecule has 112 valence electrons. The Kier molecular flexibility index (Phi) is 6.45. The van der Waals surface area contributed by atoms with Crippen molar-refractivity contribution in [1.29, 1.82) is 0 Å². The van der Waals surface area contributed by atoms with Crippen molar-refractivity contribution in [3.8, 4) is 0 Å². The van der Waals surface area contributed by atoms with Crippen LogP contribution >= 0.6 is 0 Å². The number of aryl methyl sites for hydroxylation is 1. The molecule has 0 aromatic carbocycles. The van der Waals surface area contributed by atoms with E-state index in [-0.39, 0.29) is 29.9 Å². The minimum absolute atomic E-state index is 0.0679. The van der Waals surface area contributed by atoms with Crippen LogP contribution in [-0.2, 0) is 11.3 Å². The Morgan fingerprint density at radius 2 is 2.05 bits per heavy atom.